The lowest BCUT2D eigenvalue weighted by molar-refractivity contribution is -0.126. The first-order chi connectivity index (χ1) is 14.1. The Balaban J connectivity index is 1.77. The molecule has 1 heterocycles. The average Bonchev–Trinajstić information content (AvgIpc) is 3.04. The third-order valence-electron chi connectivity index (χ3n) is 4.54. The highest BCUT2D eigenvalue weighted by atomic mass is 32.2. The van der Waals surface area contributed by atoms with Crippen LogP contribution in [0.15, 0.2) is 58.7 Å². The quantitative estimate of drug-likeness (QED) is 0.479. The van der Waals surface area contributed by atoms with E-state index in [1.165, 1.54) is 11.8 Å². The second-order valence-electron chi connectivity index (χ2n) is 6.57. The zero-order valence-electron chi connectivity index (χ0n) is 16.9. The number of thioether (sulfide) groups is 1. The Hall–Kier alpha value is -2.80. The summed E-state index contributed by atoms with van der Waals surface area (Å²) < 4.78 is 10.4. The number of hydrogen-bond acceptors (Lipinski definition) is 6. The molecule has 152 valence electrons. The number of rotatable bonds is 8. The van der Waals surface area contributed by atoms with Crippen molar-refractivity contribution < 1.29 is 14.3 Å². The van der Waals surface area contributed by atoms with E-state index in [9.17, 15) is 4.79 Å². The third kappa shape index (κ3) is 5.38. The van der Waals surface area contributed by atoms with Crippen LogP contribution in [0.5, 0.6) is 11.5 Å². The van der Waals surface area contributed by atoms with Crippen LogP contribution in [0.3, 0.4) is 0 Å². The van der Waals surface area contributed by atoms with E-state index in [2.05, 4.69) is 17.1 Å². The SMILES string of the molecule is CCC[C@H]1S/C(=N/N=C\c2ccc(OC)cc2)N(Cc2ccc(OC)cc2)C1=O. The molecule has 1 saturated heterocycles. The lowest BCUT2D eigenvalue weighted by Crippen LogP contribution is -2.31. The number of benzene rings is 2. The fourth-order valence-corrected chi connectivity index (χ4v) is 4.14. The monoisotopic (exact) mass is 411 g/mol. The van der Waals surface area contributed by atoms with Crippen LogP contribution in [-0.2, 0) is 11.3 Å². The van der Waals surface area contributed by atoms with E-state index in [0.717, 1.165) is 35.5 Å². The van der Waals surface area contributed by atoms with Crippen molar-refractivity contribution in [2.75, 3.05) is 14.2 Å². The second-order valence-corrected chi connectivity index (χ2v) is 7.74. The summed E-state index contributed by atoms with van der Waals surface area (Å²) >= 11 is 1.49. The van der Waals surface area contributed by atoms with Gasteiger partial charge in [-0.2, -0.15) is 5.10 Å². The third-order valence-corrected chi connectivity index (χ3v) is 5.77. The highest BCUT2D eigenvalue weighted by Gasteiger charge is 2.37. The van der Waals surface area contributed by atoms with Gasteiger partial charge in [-0.15, -0.1) is 5.10 Å². The molecule has 29 heavy (non-hydrogen) atoms. The molecule has 0 aliphatic carbocycles. The molecule has 1 atom stereocenters. The Kier molecular flexibility index (Phi) is 7.30. The lowest BCUT2D eigenvalue weighted by Gasteiger charge is -2.16. The van der Waals surface area contributed by atoms with E-state index in [-0.39, 0.29) is 11.2 Å². The zero-order valence-corrected chi connectivity index (χ0v) is 17.7. The van der Waals surface area contributed by atoms with Gasteiger partial charge in [0.2, 0.25) is 5.91 Å². The maximum atomic E-state index is 12.9. The van der Waals surface area contributed by atoms with Crippen LogP contribution in [0.1, 0.15) is 30.9 Å². The van der Waals surface area contributed by atoms with Gasteiger partial charge in [0.05, 0.1) is 32.2 Å². The number of hydrogen-bond donors (Lipinski definition) is 0. The maximum absolute atomic E-state index is 12.9. The highest BCUT2D eigenvalue weighted by molar-refractivity contribution is 8.15. The van der Waals surface area contributed by atoms with Crippen molar-refractivity contribution in [1.82, 2.24) is 4.90 Å². The standard InChI is InChI=1S/C22H25N3O3S/c1-4-5-20-21(26)25(15-17-8-12-19(28-3)13-9-17)22(29-20)24-23-14-16-6-10-18(27-2)11-7-16/h6-14,20H,4-5,15H2,1-3H3/b23-14-,24-22+/t20-/m1/s1. The highest BCUT2D eigenvalue weighted by Crippen LogP contribution is 2.32. The Labute approximate surface area is 175 Å². The molecule has 1 amide bonds. The van der Waals surface area contributed by atoms with Crippen LogP contribution in [0.25, 0.3) is 0 Å². The van der Waals surface area contributed by atoms with Crippen LogP contribution >= 0.6 is 11.8 Å². The predicted octanol–water partition coefficient (Wildman–Crippen LogP) is 4.34. The number of carbonyl (C=O) groups is 1. The van der Waals surface area contributed by atoms with Gasteiger partial charge in [-0.05, 0) is 53.9 Å². The topological polar surface area (TPSA) is 63.5 Å². The Bertz CT molecular complexity index is 879. The number of ether oxygens (including phenoxy) is 2. The lowest BCUT2D eigenvalue weighted by atomic mass is 10.2. The van der Waals surface area contributed by atoms with Crippen molar-refractivity contribution in [2.45, 2.75) is 31.6 Å². The molecule has 0 N–H and O–H groups in total. The minimum absolute atomic E-state index is 0.0889. The van der Waals surface area contributed by atoms with Gasteiger partial charge in [0, 0.05) is 0 Å². The van der Waals surface area contributed by atoms with E-state index >= 15 is 0 Å². The molecular weight excluding hydrogens is 386 g/mol. The molecule has 3 rings (SSSR count). The molecule has 0 aromatic heterocycles. The molecule has 1 aliphatic rings. The van der Waals surface area contributed by atoms with Crippen molar-refractivity contribution in [3.05, 3.63) is 59.7 Å². The van der Waals surface area contributed by atoms with Gasteiger partial charge in [0.1, 0.15) is 11.5 Å². The molecule has 0 spiro atoms. The van der Waals surface area contributed by atoms with E-state index in [1.54, 1.807) is 25.3 Å². The van der Waals surface area contributed by atoms with Gasteiger partial charge in [-0.1, -0.05) is 37.2 Å². The summed E-state index contributed by atoms with van der Waals surface area (Å²) in [4.78, 5) is 14.6. The van der Waals surface area contributed by atoms with Gasteiger partial charge in [0.15, 0.2) is 5.17 Å². The number of carbonyl (C=O) groups excluding carboxylic acids is 1. The smallest absolute Gasteiger partial charge is 0.242 e. The molecule has 6 nitrogen and oxygen atoms in total. The predicted molar refractivity (Wildman–Crippen MR) is 118 cm³/mol. The molecule has 2 aromatic rings. The van der Waals surface area contributed by atoms with Crippen molar-refractivity contribution in [3.8, 4) is 11.5 Å². The Morgan fingerprint density at radius 3 is 2.24 bits per heavy atom. The van der Waals surface area contributed by atoms with Gasteiger partial charge < -0.3 is 9.47 Å². The zero-order chi connectivity index (χ0) is 20.6. The molecule has 0 saturated carbocycles. The van der Waals surface area contributed by atoms with E-state index in [1.807, 2.05) is 48.5 Å². The van der Waals surface area contributed by atoms with Gasteiger partial charge in [0.25, 0.3) is 0 Å². The summed E-state index contributed by atoms with van der Waals surface area (Å²) in [6.45, 7) is 2.55. The molecule has 2 aromatic carbocycles. The largest absolute Gasteiger partial charge is 0.497 e. The first kappa shape index (κ1) is 20.9. The van der Waals surface area contributed by atoms with Gasteiger partial charge >= 0.3 is 0 Å². The van der Waals surface area contributed by atoms with Crippen molar-refractivity contribution in [2.24, 2.45) is 10.2 Å². The Morgan fingerprint density at radius 1 is 1.03 bits per heavy atom. The van der Waals surface area contributed by atoms with E-state index < -0.39 is 0 Å². The normalized spacial score (nSPS) is 18.0. The second kappa shape index (κ2) is 10.1. The Morgan fingerprint density at radius 2 is 1.66 bits per heavy atom. The van der Waals surface area contributed by atoms with Crippen molar-refractivity contribution >= 4 is 29.1 Å². The van der Waals surface area contributed by atoms with Crippen LogP contribution in [0.2, 0.25) is 0 Å². The molecule has 0 radical (unpaired) electrons. The summed E-state index contributed by atoms with van der Waals surface area (Å²) in [6.07, 6.45) is 3.45. The fourth-order valence-electron chi connectivity index (χ4n) is 2.93. The molecule has 7 heteroatoms. The van der Waals surface area contributed by atoms with Crippen molar-refractivity contribution in [3.63, 3.8) is 0 Å². The summed E-state index contributed by atoms with van der Waals surface area (Å²) in [6, 6.07) is 15.3. The first-order valence-electron chi connectivity index (χ1n) is 9.50. The first-order valence-corrected chi connectivity index (χ1v) is 10.4. The van der Waals surface area contributed by atoms with E-state index in [0.29, 0.717) is 11.7 Å². The molecule has 0 bridgehead atoms. The number of amides is 1. The van der Waals surface area contributed by atoms with Crippen LogP contribution in [0.4, 0.5) is 0 Å². The summed E-state index contributed by atoms with van der Waals surface area (Å²) in [5.41, 5.74) is 1.93. The van der Waals surface area contributed by atoms with Crippen LogP contribution < -0.4 is 9.47 Å². The summed E-state index contributed by atoms with van der Waals surface area (Å²) in [5, 5.41) is 9.10. The van der Waals surface area contributed by atoms with Crippen LogP contribution in [-0.4, -0.2) is 41.7 Å². The maximum Gasteiger partial charge on any atom is 0.242 e. The minimum atomic E-state index is -0.104. The number of nitrogens with zero attached hydrogens (tertiary/aromatic N) is 3. The molecule has 1 fully saturated rings. The average molecular weight is 412 g/mol. The fraction of sp³-hybridized carbons (Fsp3) is 0.318. The molecule has 0 unspecified atom stereocenters. The number of amidine groups is 1. The molecule has 1 aliphatic heterocycles. The summed E-state index contributed by atoms with van der Waals surface area (Å²) in [7, 11) is 3.27. The number of methoxy groups -OCH3 is 2. The minimum Gasteiger partial charge on any atom is -0.497 e. The van der Waals surface area contributed by atoms with E-state index in [4.69, 9.17) is 9.47 Å². The van der Waals surface area contributed by atoms with Crippen molar-refractivity contribution in [1.29, 1.82) is 0 Å². The van der Waals surface area contributed by atoms with Gasteiger partial charge in [-0.3, -0.25) is 9.69 Å². The van der Waals surface area contributed by atoms with Gasteiger partial charge in [-0.25, -0.2) is 0 Å². The summed E-state index contributed by atoms with van der Waals surface area (Å²) in [5.74, 6) is 1.67. The molecular formula is C22H25N3O3S. The van der Waals surface area contributed by atoms with Crippen LogP contribution in [0, 0.1) is 0 Å².